The Labute approximate surface area is 209 Å². The number of hydrogen-bond donors (Lipinski definition) is 3. The summed E-state index contributed by atoms with van der Waals surface area (Å²) in [6.07, 6.45) is 0.0752. The normalized spacial score (nSPS) is 44.1. The van der Waals surface area contributed by atoms with Gasteiger partial charge in [-0.25, -0.2) is 0 Å². The molecule has 0 aromatic rings. The van der Waals surface area contributed by atoms with E-state index in [2.05, 4.69) is 0 Å². The SMILES string of the molecule is CC(=O)OCC1=CC2C3C(C)(C)C3(OC(C)=O)C(OC(C)=O)C(C)C2(O)C2C=C(C)C(=O)C2(O)C1O. The second-order valence-electron chi connectivity index (χ2n) is 11.2. The molecule has 0 amide bonds. The van der Waals surface area contributed by atoms with E-state index in [1.54, 1.807) is 6.92 Å². The lowest BCUT2D eigenvalue weighted by molar-refractivity contribution is -0.232. The van der Waals surface area contributed by atoms with Crippen molar-refractivity contribution in [1.29, 1.82) is 0 Å². The molecule has 4 aliphatic rings. The number of fused-ring (bicyclic) bond motifs is 5. The van der Waals surface area contributed by atoms with Crippen molar-refractivity contribution >= 4 is 23.7 Å². The van der Waals surface area contributed by atoms with E-state index in [-0.39, 0.29) is 11.1 Å². The van der Waals surface area contributed by atoms with E-state index in [0.29, 0.717) is 0 Å². The van der Waals surface area contributed by atoms with Crippen LogP contribution in [0.1, 0.15) is 48.5 Å². The Morgan fingerprint density at radius 1 is 1.03 bits per heavy atom. The van der Waals surface area contributed by atoms with Crippen molar-refractivity contribution in [1.82, 2.24) is 0 Å². The van der Waals surface area contributed by atoms with E-state index in [9.17, 15) is 34.5 Å². The fourth-order valence-electron chi connectivity index (χ4n) is 7.43. The summed E-state index contributed by atoms with van der Waals surface area (Å²) in [5.74, 6) is -6.37. The zero-order valence-electron chi connectivity index (χ0n) is 21.5. The lowest BCUT2D eigenvalue weighted by atomic mass is 9.58. The quantitative estimate of drug-likeness (QED) is 0.280. The number of Topliss-reactive ketones (excluding diaryl/α,β-unsaturated/α-hetero) is 1. The first-order chi connectivity index (χ1) is 16.5. The van der Waals surface area contributed by atoms with Gasteiger partial charge < -0.3 is 29.5 Å². The maximum atomic E-state index is 13.2. The Bertz CT molecular complexity index is 1100. The lowest BCUT2D eigenvalue weighted by Crippen LogP contribution is -2.67. The highest BCUT2D eigenvalue weighted by Crippen LogP contribution is 2.77. The van der Waals surface area contributed by atoms with Crippen molar-refractivity contribution in [2.45, 2.75) is 77.5 Å². The molecule has 2 fully saturated rings. The third kappa shape index (κ3) is 3.13. The minimum atomic E-state index is -2.45. The lowest BCUT2D eigenvalue weighted by Gasteiger charge is -2.53. The van der Waals surface area contributed by atoms with E-state index in [1.807, 2.05) is 13.8 Å². The van der Waals surface area contributed by atoms with Gasteiger partial charge in [-0.1, -0.05) is 32.9 Å². The van der Waals surface area contributed by atoms with Crippen LogP contribution in [0.15, 0.2) is 23.3 Å². The van der Waals surface area contributed by atoms with Crippen LogP contribution >= 0.6 is 0 Å². The highest BCUT2D eigenvalue weighted by molar-refractivity contribution is 6.05. The number of ketones is 1. The van der Waals surface area contributed by atoms with E-state index in [4.69, 9.17) is 14.2 Å². The van der Waals surface area contributed by atoms with Crippen molar-refractivity contribution in [3.05, 3.63) is 23.3 Å². The summed E-state index contributed by atoms with van der Waals surface area (Å²) < 4.78 is 16.7. The summed E-state index contributed by atoms with van der Waals surface area (Å²) in [6, 6.07) is 0. The van der Waals surface area contributed by atoms with Gasteiger partial charge in [0.1, 0.15) is 18.8 Å². The standard InChI is InChI=1S/C26H34O10/c1-11-8-18-24(32)12(2)22(35-14(4)28)26(36-15(5)29)19(23(26,6)7)17(24)9-16(10-34-13(3)27)21(31)25(18,33)20(11)30/h8-9,12,17-19,21-22,31-33H,10H2,1-7H3. The average Bonchev–Trinajstić information content (AvgIpc) is 3.16. The van der Waals surface area contributed by atoms with Crippen LogP contribution in [0.5, 0.6) is 0 Å². The predicted molar refractivity (Wildman–Crippen MR) is 123 cm³/mol. The van der Waals surface area contributed by atoms with Crippen LogP contribution in [0.2, 0.25) is 0 Å². The zero-order valence-corrected chi connectivity index (χ0v) is 21.5. The molecule has 0 radical (unpaired) electrons. The molecular weight excluding hydrogens is 472 g/mol. The molecule has 4 rings (SSSR count). The highest BCUT2D eigenvalue weighted by Gasteiger charge is 2.88. The van der Waals surface area contributed by atoms with Crippen molar-refractivity contribution in [3.8, 4) is 0 Å². The third-order valence-electron chi connectivity index (χ3n) is 8.98. The van der Waals surface area contributed by atoms with E-state index in [0.717, 1.165) is 0 Å². The van der Waals surface area contributed by atoms with Gasteiger partial charge in [-0.15, -0.1) is 0 Å². The minimum absolute atomic E-state index is 0.0487. The molecule has 0 aromatic heterocycles. The number of aliphatic hydroxyl groups excluding tert-OH is 1. The van der Waals surface area contributed by atoms with Gasteiger partial charge in [-0.05, 0) is 18.1 Å². The molecule has 2 saturated carbocycles. The second-order valence-corrected chi connectivity index (χ2v) is 11.2. The average molecular weight is 507 g/mol. The van der Waals surface area contributed by atoms with Gasteiger partial charge in [0.25, 0.3) is 0 Å². The number of aliphatic hydroxyl groups is 3. The van der Waals surface area contributed by atoms with Gasteiger partial charge in [0.2, 0.25) is 0 Å². The van der Waals surface area contributed by atoms with Gasteiger partial charge in [0.05, 0.1) is 5.60 Å². The molecule has 0 spiro atoms. The summed E-state index contributed by atoms with van der Waals surface area (Å²) in [4.78, 5) is 49.2. The Morgan fingerprint density at radius 3 is 2.17 bits per heavy atom. The van der Waals surface area contributed by atoms with Crippen LogP contribution < -0.4 is 0 Å². The molecule has 36 heavy (non-hydrogen) atoms. The fourth-order valence-corrected chi connectivity index (χ4v) is 7.43. The van der Waals surface area contributed by atoms with Gasteiger partial charge in [-0.3, -0.25) is 19.2 Å². The molecule has 9 unspecified atom stereocenters. The fraction of sp³-hybridized carbons (Fsp3) is 0.692. The molecule has 0 heterocycles. The first-order valence-electron chi connectivity index (χ1n) is 12.1. The summed E-state index contributed by atoms with van der Waals surface area (Å²) in [5, 5.41) is 35.6. The largest absolute Gasteiger partial charge is 0.461 e. The van der Waals surface area contributed by atoms with Crippen molar-refractivity contribution < 1.29 is 48.7 Å². The van der Waals surface area contributed by atoms with Crippen LogP contribution in [0.4, 0.5) is 0 Å². The molecular formula is C26H34O10. The number of hydrogen-bond acceptors (Lipinski definition) is 10. The van der Waals surface area contributed by atoms with Crippen molar-refractivity contribution in [3.63, 3.8) is 0 Å². The Kier molecular flexibility index (Phi) is 5.87. The zero-order chi connectivity index (χ0) is 27.2. The third-order valence-corrected chi connectivity index (χ3v) is 8.98. The first kappa shape index (κ1) is 26.5. The van der Waals surface area contributed by atoms with Crippen molar-refractivity contribution in [2.75, 3.05) is 6.61 Å². The van der Waals surface area contributed by atoms with Crippen molar-refractivity contribution in [2.24, 2.45) is 29.1 Å². The van der Waals surface area contributed by atoms with Gasteiger partial charge >= 0.3 is 17.9 Å². The molecule has 0 aliphatic heterocycles. The summed E-state index contributed by atoms with van der Waals surface area (Å²) in [6.45, 7) is 9.97. The van der Waals surface area contributed by atoms with Crippen LogP contribution in [0.3, 0.4) is 0 Å². The highest BCUT2D eigenvalue weighted by atomic mass is 16.6. The first-order valence-corrected chi connectivity index (χ1v) is 12.1. The summed E-state index contributed by atoms with van der Waals surface area (Å²) in [7, 11) is 0. The monoisotopic (exact) mass is 506 g/mol. The Balaban J connectivity index is 1.99. The number of ether oxygens (including phenoxy) is 3. The van der Waals surface area contributed by atoms with E-state index >= 15 is 0 Å². The molecule has 9 atom stereocenters. The molecule has 3 N–H and O–H groups in total. The Morgan fingerprint density at radius 2 is 1.64 bits per heavy atom. The Hall–Kier alpha value is -2.56. The van der Waals surface area contributed by atoms with Gasteiger partial charge in [0.15, 0.2) is 17.0 Å². The maximum Gasteiger partial charge on any atom is 0.303 e. The predicted octanol–water partition coefficient (Wildman–Crippen LogP) is 0.613. The van der Waals surface area contributed by atoms with Gasteiger partial charge in [0, 0.05) is 49.9 Å². The van der Waals surface area contributed by atoms with Crippen LogP contribution in [0, 0.1) is 29.1 Å². The van der Waals surface area contributed by atoms with E-state index < -0.39 is 88.4 Å². The molecule has 0 aromatic carbocycles. The molecule has 198 valence electrons. The molecule has 0 bridgehead atoms. The van der Waals surface area contributed by atoms with E-state index in [1.165, 1.54) is 39.8 Å². The smallest absolute Gasteiger partial charge is 0.303 e. The molecule has 0 saturated heterocycles. The topological polar surface area (TPSA) is 157 Å². The number of rotatable bonds is 4. The minimum Gasteiger partial charge on any atom is -0.461 e. The summed E-state index contributed by atoms with van der Waals surface area (Å²) >= 11 is 0. The molecule has 10 nitrogen and oxygen atoms in total. The molecule has 4 aliphatic carbocycles. The van der Waals surface area contributed by atoms with Crippen LogP contribution in [-0.4, -0.2) is 74.6 Å². The number of esters is 3. The number of carbonyl (C=O) groups excluding carboxylic acids is 4. The number of carbonyl (C=O) groups is 4. The van der Waals surface area contributed by atoms with Crippen LogP contribution in [-0.2, 0) is 33.4 Å². The summed E-state index contributed by atoms with van der Waals surface area (Å²) in [5.41, 5.74) is -6.27. The second kappa shape index (κ2) is 7.97. The van der Waals surface area contributed by atoms with Gasteiger partial charge in [-0.2, -0.15) is 0 Å². The van der Waals surface area contributed by atoms with Crippen LogP contribution in [0.25, 0.3) is 0 Å². The maximum absolute atomic E-state index is 13.2. The molecule has 10 heteroatoms.